The molecule has 0 spiro atoms. The van der Waals surface area contributed by atoms with Crippen LogP contribution in [-0.2, 0) is 16.3 Å². The molecule has 1 aliphatic heterocycles. The van der Waals surface area contributed by atoms with E-state index in [2.05, 4.69) is 0 Å². The normalized spacial score (nSPS) is 21.4. The first kappa shape index (κ1) is 16.3. The van der Waals surface area contributed by atoms with Crippen LogP contribution < -0.4 is 4.74 Å². The third-order valence-corrected chi connectivity index (χ3v) is 6.23. The van der Waals surface area contributed by atoms with Crippen molar-refractivity contribution < 1.29 is 23.4 Å². The summed E-state index contributed by atoms with van der Waals surface area (Å²) in [6.07, 6.45) is 0.878. The van der Waals surface area contributed by atoms with Crippen LogP contribution in [0.5, 0.6) is 5.75 Å². The highest BCUT2D eigenvalue weighted by Gasteiger charge is 2.44. The standard InChI is InChI=1S/C15H22O5S/c1-20-14-5-3-2-4-12(14)8-15(10-16,11-17)13-6-7-21(18,19)9-13/h2-5,13,16-17H,6-11H2,1H3. The van der Waals surface area contributed by atoms with Gasteiger partial charge < -0.3 is 14.9 Å². The molecule has 0 aromatic heterocycles. The van der Waals surface area contributed by atoms with Crippen molar-refractivity contribution in [2.75, 3.05) is 31.8 Å². The van der Waals surface area contributed by atoms with E-state index in [0.29, 0.717) is 18.6 Å². The van der Waals surface area contributed by atoms with Crippen LogP contribution in [0.15, 0.2) is 24.3 Å². The maximum absolute atomic E-state index is 11.7. The van der Waals surface area contributed by atoms with E-state index >= 15 is 0 Å². The first-order chi connectivity index (χ1) is 9.96. The van der Waals surface area contributed by atoms with Crippen molar-refractivity contribution in [3.05, 3.63) is 29.8 Å². The summed E-state index contributed by atoms with van der Waals surface area (Å²) < 4.78 is 28.7. The molecule has 6 heteroatoms. The van der Waals surface area contributed by atoms with Gasteiger partial charge in [-0.2, -0.15) is 0 Å². The third-order valence-electron chi connectivity index (χ3n) is 4.46. The minimum atomic E-state index is -3.06. The minimum absolute atomic E-state index is 0.0310. The van der Waals surface area contributed by atoms with Gasteiger partial charge in [-0.25, -0.2) is 8.42 Å². The topological polar surface area (TPSA) is 83.8 Å². The van der Waals surface area contributed by atoms with Crippen LogP contribution >= 0.6 is 0 Å². The Morgan fingerprint density at radius 1 is 1.29 bits per heavy atom. The second-order valence-electron chi connectivity index (χ2n) is 5.77. The fourth-order valence-electron chi connectivity index (χ4n) is 3.07. The Balaban J connectivity index is 2.30. The predicted molar refractivity (Wildman–Crippen MR) is 80.1 cm³/mol. The molecule has 1 atom stereocenters. The number of hydrogen-bond donors (Lipinski definition) is 2. The van der Waals surface area contributed by atoms with Crippen molar-refractivity contribution >= 4 is 9.84 Å². The number of para-hydroxylation sites is 1. The van der Waals surface area contributed by atoms with E-state index in [1.54, 1.807) is 7.11 Å². The van der Waals surface area contributed by atoms with Crippen LogP contribution in [0.2, 0.25) is 0 Å². The number of benzene rings is 1. The molecule has 21 heavy (non-hydrogen) atoms. The summed E-state index contributed by atoms with van der Waals surface area (Å²) in [7, 11) is -1.49. The van der Waals surface area contributed by atoms with Gasteiger partial charge in [-0.3, -0.25) is 0 Å². The molecule has 5 nitrogen and oxygen atoms in total. The fraction of sp³-hybridized carbons (Fsp3) is 0.600. The van der Waals surface area contributed by atoms with Crippen LogP contribution in [0.3, 0.4) is 0 Å². The number of aliphatic hydroxyl groups is 2. The average molecular weight is 314 g/mol. The molecule has 0 radical (unpaired) electrons. The van der Waals surface area contributed by atoms with Gasteiger partial charge in [0.05, 0.1) is 31.8 Å². The molecule has 1 fully saturated rings. The van der Waals surface area contributed by atoms with Gasteiger partial charge in [0, 0.05) is 5.41 Å². The van der Waals surface area contributed by atoms with Crippen molar-refractivity contribution in [2.45, 2.75) is 12.8 Å². The monoisotopic (exact) mass is 314 g/mol. The second kappa shape index (κ2) is 6.34. The molecule has 1 aliphatic rings. The molecule has 1 heterocycles. The zero-order chi connectivity index (χ0) is 15.5. The largest absolute Gasteiger partial charge is 0.496 e. The summed E-state index contributed by atoms with van der Waals surface area (Å²) in [5.41, 5.74) is 0.0328. The Morgan fingerprint density at radius 3 is 2.48 bits per heavy atom. The van der Waals surface area contributed by atoms with Gasteiger partial charge >= 0.3 is 0 Å². The molecule has 2 N–H and O–H groups in total. The number of sulfone groups is 1. The smallest absolute Gasteiger partial charge is 0.150 e. The van der Waals surface area contributed by atoms with Gasteiger partial charge in [0.1, 0.15) is 5.75 Å². The van der Waals surface area contributed by atoms with Crippen molar-refractivity contribution in [3.8, 4) is 5.75 Å². The molecule has 1 unspecified atom stereocenters. The lowest BCUT2D eigenvalue weighted by Crippen LogP contribution is -2.41. The molecule has 1 saturated heterocycles. The van der Waals surface area contributed by atoms with Gasteiger partial charge in [-0.15, -0.1) is 0 Å². The van der Waals surface area contributed by atoms with E-state index in [9.17, 15) is 18.6 Å². The van der Waals surface area contributed by atoms with Crippen LogP contribution in [0.1, 0.15) is 12.0 Å². The molecular formula is C15H22O5S. The summed E-state index contributed by atoms with van der Waals surface area (Å²) in [6.45, 7) is -0.497. The Kier molecular flexibility index (Phi) is 4.91. The zero-order valence-electron chi connectivity index (χ0n) is 12.2. The highest BCUT2D eigenvalue weighted by Crippen LogP contribution is 2.40. The summed E-state index contributed by atoms with van der Waals surface area (Å²) in [6, 6.07) is 7.41. The molecule has 1 aromatic rings. The van der Waals surface area contributed by atoms with Gasteiger partial charge in [-0.05, 0) is 30.4 Å². The lowest BCUT2D eigenvalue weighted by molar-refractivity contribution is 0.0121. The Morgan fingerprint density at radius 2 is 1.95 bits per heavy atom. The molecule has 1 aromatic carbocycles. The first-order valence-corrected chi connectivity index (χ1v) is 8.82. The highest BCUT2D eigenvalue weighted by atomic mass is 32.2. The summed E-state index contributed by atoms with van der Waals surface area (Å²) in [4.78, 5) is 0. The maximum Gasteiger partial charge on any atom is 0.150 e. The summed E-state index contributed by atoms with van der Waals surface area (Å²) in [5, 5.41) is 19.7. The van der Waals surface area contributed by atoms with Crippen LogP contribution in [0.25, 0.3) is 0 Å². The molecule has 118 valence electrons. The van der Waals surface area contributed by atoms with Crippen molar-refractivity contribution in [1.29, 1.82) is 0 Å². The SMILES string of the molecule is COc1ccccc1CC(CO)(CO)C1CCS(=O)(=O)C1. The quantitative estimate of drug-likeness (QED) is 0.805. The van der Waals surface area contributed by atoms with E-state index in [-0.39, 0.29) is 30.6 Å². The summed E-state index contributed by atoms with van der Waals surface area (Å²) in [5.74, 6) is 0.612. The van der Waals surface area contributed by atoms with Crippen LogP contribution in [0, 0.1) is 11.3 Å². The van der Waals surface area contributed by atoms with E-state index in [1.165, 1.54) is 0 Å². The second-order valence-corrected chi connectivity index (χ2v) is 8.00. The number of methoxy groups -OCH3 is 1. The molecule has 0 amide bonds. The predicted octanol–water partition coefficient (Wildman–Crippen LogP) is 0.643. The molecule has 0 saturated carbocycles. The third kappa shape index (κ3) is 3.39. The molecule has 0 aliphatic carbocycles. The Hall–Kier alpha value is -1.11. The summed E-state index contributed by atoms with van der Waals surface area (Å²) >= 11 is 0. The lowest BCUT2D eigenvalue weighted by atomic mass is 9.72. The molecule has 2 rings (SSSR count). The zero-order valence-corrected chi connectivity index (χ0v) is 13.0. The highest BCUT2D eigenvalue weighted by molar-refractivity contribution is 7.91. The molecule has 0 bridgehead atoms. The van der Waals surface area contributed by atoms with Crippen LogP contribution in [0.4, 0.5) is 0 Å². The number of aliphatic hydroxyl groups excluding tert-OH is 2. The minimum Gasteiger partial charge on any atom is -0.496 e. The van der Waals surface area contributed by atoms with Gasteiger partial charge in [0.25, 0.3) is 0 Å². The Bertz CT molecular complexity index is 577. The van der Waals surface area contributed by atoms with E-state index in [0.717, 1.165) is 5.56 Å². The van der Waals surface area contributed by atoms with Gasteiger partial charge in [-0.1, -0.05) is 18.2 Å². The number of ether oxygens (including phenoxy) is 1. The maximum atomic E-state index is 11.7. The van der Waals surface area contributed by atoms with Crippen molar-refractivity contribution in [2.24, 2.45) is 11.3 Å². The fourth-order valence-corrected chi connectivity index (χ4v) is 5.01. The van der Waals surface area contributed by atoms with Crippen molar-refractivity contribution in [3.63, 3.8) is 0 Å². The van der Waals surface area contributed by atoms with Gasteiger partial charge in [0.2, 0.25) is 0 Å². The Labute approximate surface area is 125 Å². The van der Waals surface area contributed by atoms with E-state index < -0.39 is 15.3 Å². The van der Waals surface area contributed by atoms with Gasteiger partial charge in [0.15, 0.2) is 9.84 Å². The molecular weight excluding hydrogens is 292 g/mol. The first-order valence-electron chi connectivity index (χ1n) is 7.00. The number of rotatable bonds is 6. The lowest BCUT2D eigenvalue weighted by Gasteiger charge is -2.35. The number of hydrogen-bond acceptors (Lipinski definition) is 5. The average Bonchev–Trinajstić information content (AvgIpc) is 2.86. The van der Waals surface area contributed by atoms with Crippen LogP contribution in [-0.4, -0.2) is 50.5 Å². The van der Waals surface area contributed by atoms with E-state index in [4.69, 9.17) is 4.74 Å². The van der Waals surface area contributed by atoms with E-state index in [1.807, 2.05) is 24.3 Å². The van der Waals surface area contributed by atoms with Crippen molar-refractivity contribution in [1.82, 2.24) is 0 Å².